The van der Waals surface area contributed by atoms with Crippen molar-refractivity contribution in [2.24, 2.45) is 0 Å². The summed E-state index contributed by atoms with van der Waals surface area (Å²) in [5.74, 6) is -2.03. The molecule has 4 rings (SSSR count). The molecule has 3 unspecified atom stereocenters. The summed E-state index contributed by atoms with van der Waals surface area (Å²) >= 11 is 1.04. The number of benzene rings is 2. The number of esters is 1. The highest BCUT2D eigenvalue weighted by Gasteiger charge is 2.33. The second-order valence-corrected chi connectivity index (χ2v) is 13.0. The molecule has 0 saturated carbocycles. The van der Waals surface area contributed by atoms with E-state index in [1.807, 2.05) is 44.2 Å². The highest BCUT2D eigenvalue weighted by atomic mass is 32.1. The first-order chi connectivity index (χ1) is 22.2. The highest BCUT2D eigenvalue weighted by molar-refractivity contribution is 7.14. The van der Waals surface area contributed by atoms with E-state index in [1.54, 1.807) is 45.0 Å². The fraction of sp³-hybridized carbons (Fsp3) is 0.424. The van der Waals surface area contributed by atoms with Crippen molar-refractivity contribution in [2.45, 2.75) is 70.6 Å². The van der Waals surface area contributed by atoms with Gasteiger partial charge in [-0.1, -0.05) is 42.5 Å². The zero-order valence-corrected chi connectivity index (χ0v) is 28.0. The number of rotatable bonds is 12. The number of carbonyl (C=O) groups excluding carboxylic acids is 4. The maximum absolute atomic E-state index is 13.9. The summed E-state index contributed by atoms with van der Waals surface area (Å²) in [5, 5.41) is 9.68. The Balaban J connectivity index is 1.53. The van der Waals surface area contributed by atoms with Gasteiger partial charge in [0, 0.05) is 11.8 Å². The summed E-state index contributed by atoms with van der Waals surface area (Å²) in [5.41, 5.74) is 0.415. The van der Waals surface area contributed by atoms with Crippen LogP contribution in [-0.2, 0) is 35.0 Å². The standard InChI is InChI=1S/C33H40N4O9S/c1-32(2,3)46-31(41)36-26(21-12-14-22(15-13-21)43-17-23-18-44-33(4,5)45-23)28(39)34-24(16-20-10-8-7-9-11-20)27(38)37-30-35-25(19-47-30)29(40)42-6/h7-15,19,23-24,26H,16-18H2,1-6H3,(H,34,39)(H,36,41)(H,35,37,38). The van der Waals surface area contributed by atoms with Crippen LogP contribution in [0.4, 0.5) is 9.93 Å². The molecule has 2 heterocycles. The number of hydrogen-bond acceptors (Lipinski definition) is 11. The Hall–Kier alpha value is -4.53. The highest BCUT2D eigenvalue weighted by Crippen LogP contribution is 2.25. The van der Waals surface area contributed by atoms with Crippen molar-refractivity contribution >= 4 is 40.3 Å². The first-order valence-corrected chi connectivity index (χ1v) is 15.8. The molecule has 14 heteroatoms. The molecular weight excluding hydrogens is 628 g/mol. The monoisotopic (exact) mass is 668 g/mol. The van der Waals surface area contributed by atoms with Crippen LogP contribution in [0.25, 0.3) is 0 Å². The molecule has 3 aromatic rings. The minimum absolute atomic E-state index is 0.0402. The molecule has 1 aliphatic heterocycles. The minimum Gasteiger partial charge on any atom is -0.491 e. The quantitative estimate of drug-likeness (QED) is 0.236. The average Bonchev–Trinajstić information content (AvgIpc) is 3.63. The Bertz CT molecular complexity index is 1540. The van der Waals surface area contributed by atoms with Gasteiger partial charge in [-0.2, -0.15) is 0 Å². The third kappa shape index (κ3) is 10.8. The number of carbonyl (C=O) groups is 4. The van der Waals surface area contributed by atoms with Crippen LogP contribution in [0.1, 0.15) is 62.3 Å². The Morgan fingerprint density at radius 2 is 1.72 bits per heavy atom. The Labute approximate surface area is 277 Å². The van der Waals surface area contributed by atoms with E-state index in [0.717, 1.165) is 16.9 Å². The van der Waals surface area contributed by atoms with Gasteiger partial charge in [0.15, 0.2) is 16.6 Å². The lowest BCUT2D eigenvalue weighted by atomic mass is 10.0. The summed E-state index contributed by atoms with van der Waals surface area (Å²) in [7, 11) is 1.23. The number of nitrogens with one attached hydrogen (secondary N) is 3. The average molecular weight is 669 g/mol. The second kappa shape index (κ2) is 15.4. The molecule has 3 amide bonds. The smallest absolute Gasteiger partial charge is 0.408 e. The molecular formula is C33H40N4O9S. The van der Waals surface area contributed by atoms with Gasteiger partial charge in [0.1, 0.15) is 36.1 Å². The van der Waals surface area contributed by atoms with E-state index < -0.39 is 47.3 Å². The van der Waals surface area contributed by atoms with Crippen LogP contribution in [0, 0.1) is 0 Å². The van der Waals surface area contributed by atoms with Gasteiger partial charge < -0.3 is 39.6 Å². The van der Waals surface area contributed by atoms with Gasteiger partial charge >= 0.3 is 12.1 Å². The predicted molar refractivity (Wildman–Crippen MR) is 173 cm³/mol. The zero-order valence-electron chi connectivity index (χ0n) is 27.2. The normalized spacial score (nSPS) is 16.8. The van der Waals surface area contributed by atoms with Gasteiger partial charge in [-0.15, -0.1) is 11.3 Å². The number of hydrogen-bond donors (Lipinski definition) is 3. The number of nitrogens with zero attached hydrogens (tertiary/aromatic N) is 1. The fourth-order valence-electron chi connectivity index (χ4n) is 4.55. The van der Waals surface area contributed by atoms with Crippen LogP contribution < -0.4 is 20.7 Å². The molecule has 0 aliphatic carbocycles. The van der Waals surface area contributed by atoms with E-state index in [9.17, 15) is 19.2 Å². The van der Waals surface area contributed by atoms with Gasteiger partial charge in [0.25, 0.3) is 0 Å². The lowest BCUT2D eigenvalue weighted by molar-refractivity contribution is -0.141. The molecule has 3 atom stereocenters. The molecule has 252 valence electrons. The van der Waals surface area contributed by atoms with Crippen molar-refractivity contribution in [3.63, 3.8) is 0 Å². The van der Waals surface area contributed by atoms with Gasteiger partial charge in [0.2, 0.25) is 11.8 Å². The molecule has 0 bridgehead atoms. The maximum Gasteiger partial charge on any atom is 0.408 e. The molecule has 0 radical (unpaired) electrons. The van der Waals surface area contributed by atoms with Crippen molar-refractivity contribution in [1.29, 1.82) is 0 Å². The number of thiazole rings is 1. The van der Waals surface area contributed by atoms with Crippen LogP contribution in [-0.4, -0.2) is 72.7 Å². The third-order valence-electron chi connectivity index (χ3n) is 6.68. The van der Waals surface area contributed by atoms with E-state index in [-0.39, 0.29) is 30.0 Å². The van der Waals surface area contributed by atoms with Crippen LogP contribution in [0.3, 0.4) is 0 Å². The molecule has 13 nitrogen and oxygen atoms in total. The van der Waals surface area contributed by atoms with E-state index in [0.29, 0.717) is 17.9 Å². The van der Waals surface area contributed by atoms with Crippen molar-refractivity contribution in [2.75, 3.05) is 25.6 Å². The van der Waals surface area contributed by atoms with E-state index in [2.05, 4.69) is 25.7 Å². The van der Waals surface area contributed by atoms with Gasteiger partial charge in [-0.25, -0.2) is 14.6 Å². The lowest BCUT2D eigenvalue weighted by Gasteiger charge is -2.25. The topological polar surface area (TPSA) is 163 Å². The number of aromatic nitrogens is 1. The number of anilines is 1. The molecule has 1 fully saturated rings. The minimum atomic E-state index is -1.23. The van der Waals surface area contributed by atoms with E-state index >= 15 is 0 Å². The first kappa shape index (κ1) is 35.3. The molecule has 47 heavy (non-hydrogen) atoms. The predicted octanol–water partition coefficient (Wildman–Crippen LogP) is 4.39. The van der Waals surface area contributed by atoms with Crippen LogP contribution >= 0.6 is 11.3 Å². The van der Waals surface area contributed by atoms with Gasteiger partial charge in [0.05, 0.1) is 13.7 Å². The second-order valence-electron chi connectivity index (χ2n) is 12.2. The molecule has 1 aromatic heterocycles. The molecule has 3 N–H and O–H groups in total. The fourth-order valence-corrected chi connectivity index (χ4v) is 5.24. The van der Waals surface area contributed by atoms with E-state index in [1.165, 1.54) is 12.5 Å². The number of methoxy groups -OCH3 is 1. The summed E-state index contributed by atoms with van der Waals surface area (Å²) < 4.78 is 27.3. The molecule has 1 aliphatic rings. The largest absolute Gasteiger partial charge is 0.491 e. The van der Waals surface area contributed by atoms with E-state index in [4.69, 9.17) is 18.9 Å². The number of alkyl carbamates (subject to hydrolysis) is 1. The SMILES string of the molecule is COC(=O)c1csc(NC(=O)C(Cc2ccccc2)NC(=O)C(NC(=O)OC(C)(C)C)c2ccc(OCC3COC(C)(C)O3)cc2)n1. The van der Waals surface area contributed by atoms with Crippen molar-refractivity contribution in [3.05, 3.63) is 76.8 Å². The van der Waals surface area contributed by atoms with Gasteiger partial charge in [-0.3, -0.25) is 9.59 Å². The molecule has 0 spiro atoms. The summed E-state index contributed by atoms with van der Waals surface area (Å²) in [4.78, 5) is 56.2. The number of ether oxygens (including phenoxy) is 5. The Morgan fingerprint density at radius 1 is 1.02 bits per heavy atom. The van der Waals surface area contributed by atoms with Crippen molar-refractivity contribution in [3.8, 4) is 5.75 Å². The molecule has 1 saturated heterocycles. The van der Waals surface area contributed by atoms with Crippen molar-refractivity contribution in [1.82, 2.24) is 15.6 Å². The zero-order chi connectivity index (χ0) is 34.2. The summed E-state index contributed by atoms with van der Waals surface area (Å²) in [6, 6.07) is 13.4. The Morgan fingerprint density at radius 3 is 2.34 bits per heavy atom. The van der Waals surface area contributed by atoms with Crippen LogP contribution in [0.2, 0.25) is 0 Å². The third-order valence-corrected chi connectivity index (χ3v) is 7.44. The lowest BCUT2D eigenvalue weighted by Crippen LogP contribution is -2.50. The van der Waals surface area contributed by atoms with Gasteiger partial charge in [-0.05, 0) is 57.9 Å². The molecule has 2 aromatic carbocycles. The first-order valence-electron chi connectivity index (χ1n) is 14.9. The van der Waals surface area contributed by atoms with Crippen LogP contribution in [0.5, 0.6) is 5.75 Å². The summed E-state index contributed by atoms with van der Waals surface area (Å²) in [6.45, 7) is 9.45. The summed E-state index contributed by atoms with van der Waals surface area (Å²) in [6.07, 6.45) is -0.925. The van der Waals surface area contributed by atoms with Crippen molar-refractivity contribution < 1.29 is 42.9 Å². The Kier molecular flexibility index (Phi) is 11.6. The number of amides is 3. The maximum atomic E-state index is 13.9. The van der Waals surface area contributed by atoms with Crippen LogP contribution in [0.15, 0.2) is 60.0 Å².